The maximum Gasteiger partial charge on any atom is 0.150 e. The molecule has 5 heteroatoms. The first-order valence-corrected chi connectivity index (χ1v) is 7.63. The molecule has 4 nitrogen and oxygen atoms in total. The highest BCUT2D eigenvalue weighted by atomic mass is 35.5. The van der Waals surface area contributed by atoms with Gasteiger partial charge in [0.25, 0.3) is 0 Å². The lowest BCUT2D eigenvalue weighted by atomic mass is 10.0. The average molecular weight is 345 g/mol. The fourth-order valence-electron chi connectivity index (χ4n) is 2.50. The van der Waals surface area contributed by atoms with Gasteiger partial charge in [-0.2, -0.15) is 0 Å². The predicted octanol–water partition coefficient (Wildman–Crippen LogP) is 3.75. The number of benzene rings is 1. The molecule has 2 aliphatic rings. The van der Waals surface area contributed by atoms with Gasteiger partial charge in [-0.15, -0.1) is 12.4 Å². The minimum absolute atomic E-state index is 0. The van der Waals surface area contributed by atoms with Crippen LogP contribution in [0.2, 0.25) is 0 Å². The van der Waals surface area contributed by atoms with Crippen LogP contribution in [-0.2, 0) is 0 Å². The van der Waals surface area contributed by atoms with Gasteiger partial charge in [-0.1, -0.05) is 18.2 Å². The standard InChI is InChI=1S/C19H20N2O2.ClH/c1-20-10-11-21(15-20)12-16-2-4-18(5-3-16)14-23-19-8-6-17(13-22)7-9-19;/h2-4,6-11,13-14H,5,12,15H2,1H3;1H. The molecular formula is C19H21ClN2O2. The molecule has 1 aromatic rings. The number of hydrogen-bond acceptors (Lipinski definition) is 4. The van der Waals surface area contributed by atoms with Gasteiger partial charge < -0.3 is 14.5 Å². The zero-order chi connectivity index (χ0) is 16.1. The largest absolute Gasteiger partial charge is 0.465 e. The quantitative estimate of drug-likeness (QED) is 0.601. The Morgan fingerprint density at radius 2 is 1.96 bits per heavy atom. The van der Waals surface area contributed by atoms with Crippen LogP contribution in [0.15, 0.2) is 72.3 Å². The van der Waals surface area contributed by atoms with E-state index in [9.17, 15) is 4.79 Å². The lowest BCUT2D eigenvalue weighted by molar-refractivity contribution is 0.112. The third kappa shape index (κ3) is 4.77. The van der Waals surface area contributed by atoms with E-state index in [0.717, 1.165) is 37.2 Å². The number of ether oxygens (including phenoxy) is 1. The topological polar surface area (TPSA) is 32.8 Å². The molecule has 0 unspecified atom stereocenters. The molecule has 24 heavy (non-hydrogen) atoms. The van der Waals surface area contributed by atoms with Crippen LogP contribution in [0.3, 0.4) is 0 Å². The van der Waals surface area contributed by atoms with Crippen molar-refractivity contribution in [1.29, 1.82) is 0 Å². The molecular weight excluding hydrogens is 324 g/mol. The van der Waals surface area contributed by atoms with Crippen molar-refractivity contribution in [1.82, 2.24) is 9.80 Å². The minimum Gasteiger partial charge on any atom is -0.465 e. The number of nitrogens with zero attached hydrogens (tertiary/aromatic N) is 2. The summed E-state index contributed by atoms with van der Waals surface area (Å²) in [5.41, 5.74) is 3.09. The maximum absolute atomic E-state index is 10.6. The molecule has 126 valence electrons. The van der Waals surface area contributed by atoms with E-state index in [1.807, 2.05) is 0 Å². The van der Waals surface area contributed by atoms with Gasteiger partial charge in [0.05, 0.1) is 12.9 Å². The molecule has 0 fully saturated rings. The maximum atomic E-state index is 10.6. The van der Waals surface area contributed by atoms with E-state index in [1.54, 1.807) is 30.5 Å². The zero-order valence-electron chi connectivity index (χ0n) is 13.6. The van der Waals surface area contributed by atoms with E-state index in [-0.39, 0.29) is 12.4 Å². The van der Waals surface area contributed by atoms with E-state index in [4.69, 9.17) is 4.74 Å². The van der Waals surface area contributed by atoms with Crippen molar-refractivity contribution >= 4 is 18.7 Å². The molecule has 0 bridgehead atoms. The summed E-state index contributed by atoms with van der Waals surface area (Å²) in [6.45, 7) is 1.87. The summed E-state index contributed by atoms with van der Waals surface area (Å²) in [6, 6.07) is 7.09. The average Bonchev–Trinajstić information content (AvgIpc) is 2.99. The number of carbonyl (C=O) groups is 1. The van der Waals surface area contributed by atoms with Crippen LogP contribution in [0, 0.1) is 0 Å². The van der Waals surface area contributed by atoms with E-state index < -0.39 is 0 Å². The van der Waals surface area contributed by atoms with Crippen LogP contribution < -0.4 is 4.74 Å². The summed E-state index contributed by atoms with van der Waals surface area (Å²) in [6.07, 6.45) is 14.1. The minimum atomic E-state index is 0. The number of halogens is 1. The van der Waals surface area contributed by atoms with Crippen LogP contribution in [0.5, 0.6) is 5.75 Å². The van der Waals surface area contributed by atoms with Gasteiger partial charge in [-0.05, 0) is 41.8 Å². The smallest absolute Gasteiger partial charge is 0.150 e. The number of carbonyl (C=O) groups excluding carboxylic acids is 1. The van der Waals surface area contributed by atoms with Crippen LogP contribution in [0.1, 0.15) is 16.8 Å². The Bertz CT molecular complexity index is 690. The summed E-state index contributed by atoms with van der Waals surface area (Å²) in [5, 5.41) is 0. The lowest BCUT2D eigenvalue weighted by Gasteiger charge is -2.20. The number of allylic oxidation sites excluding steroid dienone is 3. The predicted molar refractivity (Wildman–Crippen MR) is 98.1 cm³/mol. The van der Waals surface area contributed by atoms with Gasteiger partial charge in [0.15, 0.2) is 0 Å². The monoisotopic (exact) mass is 344 g/mol. The summed E-state index contributed by atoms with van der Waals surface area (Å²) < 4.78 is 5.64. The molecule has 0 spiro atoms. The molecule has 0 N–H and O–H groups in total. The van der Waals surface area contributed by atoms with Crippen LogP contribution in [0.4, 0.5) is 0 Å². The molecule has 0 saturated heterocycles. The van der Waals surface area contributed by atoms with Crippen molar-refractivity contribution in [3.8, 4) is 5.75 Å². The molecule has 3 rings (SSSR count). The summed E-state index contributed by atoms with van der Waals surface area (Å²) in [4.78, 5) is 15.0. The molecule has 0 aromatic heterocycles. The zero-order valence-corrected chi connectivity index (χ0v) is 14.4. The number of aldehydes is 1. The first-order valence-electron chi connectivity index (χ1n) is 7.63. The van der Waals surface area contributed by atoms with Crippen molar-refractivity contribution in [2.24, 2.45) is 0 Å². The molecule has 1 aliphatic carbocycles. The molecule has 0 atom stereocenters. The van der Waals surface area contributed by atoms with Gasteiger partial charge in [0.1, 0.15) is 12.0 Å². The highest BCUT2D eigenvalue weighted by Gasteiger charge is 2.10. The van der Waals surface area contributed by atoms with Crippen molar-refractivity contribution in [3.63, 3.8) is 0 Å². The number of hydrogen-bond donors (Lipinski definition) is 0. The second kappa shape index (κ2) is 8.41. The lowest BCUT2D eigenvalue weighted by Crippen LogP contribution is -2.24. The van der Waals surface area contributed by atoms with Crippen LogP contribution in [0.25, 0.3) is 0 Å². The fraction of sp³-hybridized carbons (Fsp3) is 0.211. The first-order chi connectivity index (χ1) is 11.2. The van der Waals surface area contributed by atoms with Crippen LogP contribution >= 0.6 is 12.4 Å². The molecule has 1 aromatic carbocycles. The van der Waals surface area contributed by atoms with E-state index in [2.05, 4.69) is 47.5 Å². The Labute approximate surface area is 148 Å². The van der Waals surface area contributed by atoms with Gasteiger partial charge >= 0.3 is 0 Å². The van der Waals surface area contributed by atoms with Gasteiger partial charge in [-0.3, -0.25) is 4.79 Å². The Balaban J connectivity index is 0.00000208. The van der Waals surface area contributed by atoms with E-state index in [1.165, 1.54) is 5.57 Å². The third-order valence-electron chi connectivity index (χ3n) is 3.80. The third-order valence-corrected chi connectivity index (χ3v) is 3.80. The van der Waals surface area contributed by atoms with E-state index >= 15 is 0 Å². The van der Waals surface area contributed by atoms with Gasteiger partial charge in [0.2, 0.25) is 0 Å². The van der Waals surface area contributed by atoms with Crippen molar-refractivity contribution < 1.29 is 9.53 Å². The summed E-state index contributed by atoms with van der Waals surface area (Å²) >= 11 is 0. The molecule has 0 amide bonds. The molecule has 0 saturated carbocycles. The highest BCUT2D eigenvalue weighted by molar-refractivity contribution is 5.85. The van der Waals surface area contributed by atoms with Crippen molar-refractivity contribution in [3.05, 3.63) is 77.9 Å². The SMILES string of the molecule is CN1C=CN(CC2=CCC(=COc3ccc(C=O)cc3)C=C2)C1.Cl. The summed E-state index contributed by atoms with van der Waals surface area (Å²) in [5.74, 6) is 0.733. The Hall–Kier alpha value is -2.46. The number of rotatable bonds is 5. The highest BCUT2D eigenvalue weighted by Crippen LogP contribution is 2.19. The van der Waals surface area contributed by atoms with E-state index in [0.29, 0.717) is 5.56 Å². The Morgan fingerprint density at radius 3 is 2.54 bits per heavy atom. The van der Waals surface area contributed by atoms with Crippen LogP contribution in [-0.4, -0.2) is 36.3 Å². The normalized spacial score (nSPS) is 17.7. The Morgan fingerprint density at radius 1 is 1.17 bits per heavy atom. The molecule has 1 heterocycles. The van der Waals surface area contributed by atoms with Crippen molar-refractivity contribution in [2.75, 3.05) is 20.3 Å². The van der Waals surface area contributed by atoms with Gasteiger partial charge in [0, 0.05) is 31.6 Å². The Kier molecular flexibility index (Phi) is 6.27. The fourth-order valence-corrected chi connectivity index (χ4v) is 2.50. The second-order valence-corrected chi connectivity index (χ2v) is 5.76. The molecule has 1 aliphatic heterocycles. The molecule has 0 radical (unpaired) electrons. The first kappa shape index (κ1) is 17.9. The summed E-state index contributed by atoms with van der Waals surface area (Å²) in [7, 11) is 2.07. The van der Waals surface area contributed by atoms with Crippen molar-refractivity contribution in [2.45, 2.75) is 6.42 Å². The van der Waals surface area contributed by atoms with Gasteiger partial charge in [-0.25, -0.2) is 0 Å². The second-order valence-electron chi connectivity index (χ2n) is 5.76.